The minimum Gasteiger partial charge on any atom is -0.478 e. The van der Waals surface area contributed by atoms with E-state index >= 15 is 0 Å². The number of likely N-dealkylation sites (tertiary alicyclic amines) is 1. The number of benzene rings is 1. The van der Waals surface area contributed by atoms with Gasteiger partial charge in [-0.1, -0.05) is 6.07 Å². The van der Waals surface area contributed by atoms with Crippen molar-refractivity contribution < 1.29 is 29.0 Å². The second-order valence-electron chi connectivity index (χ2n) is 6.27. The molecule has 1 saturated heterocycles. The number of nitrogens with one attached hydrogen (secondary N) is 3. The number of hydrogen-bond donors (Lipinski definition) is 4. The molecule has 0 saturated carbocycles. The van der Waals surface area contributed by atoms with E-state index in [0.29, 0.717) is 25.1 Å². The van der Waals surface area contributed by atoms with Crippen molar-refractivity contribution in [3.8, 4) is 0 Å². The predicted molar refractivity (Wildman–Crippen MR) is 99.5 cm³/mol. The minimum absolute atomic E-state index is 0.0778. The Morgan fingerprint density at radius 2 is 2.07 bits per heavy atom. The van der Waals surface area contributed by atoms with Crippen LogP contribution in [0.5, 0.6) is 0 Å². The molecule has 0 aliphatic carbocycles. The highest BCUT2D eigenvalue weighted by atomic mass is 16.5. The van der Waals surface area contributed by atoms with E-state index in [0.717, 1.165) is 0 Å². The zero-order valence-corrected chi connectivity index (χ0v) is 15.7. The van der Waals surface area contributed by atoms with E-state index in [-0.39, 0.29) is 12.2 Å². The number of aromatic carboxylic acids is 1. The standard InChI is InChI=1S/C18H24N4O6/c1-3-28-17(26)11(2)19-18(27)22-9-5-8-14(22)15(23)21-20-13-7-4-6-12(10-13)16(24)25/h4,6-7,10-11,14,20H,3,5,8-9H2,1-2H3,(H,19,27)(H,21,23)(H,24,25)/t11?,14-/m0/s1. The van der Waals surface area contributed by atoms with Crippen LogP contribution in [0.3, 0.4) is 0 Å². The van der Waals surface area contributed by atoms with Gasteiger partial charge in [-0.3, -0.25) is 15.6 Å². The van der Waals surface area contributed by atoms with Gasteiger partial charge < -0.3 is 20.1 Å². The van der Waals surface area contributed by atoms with Gasteiger partial charge in [-0.05, 0) is 44.9 Å². The second kappa shape index (κ2) is 9.58. The molecule has 1 aliphatic heterocycles. The molecule has 0 radical (unpaired) electrons. The summed E-state index contributed by atoms with van der Waals surface area (Å²) in [5.74, 6) is -2.06. The van der Waals surface area contributed by atoms with E-state index in [1.165, 1.54) is 24.0 Å². The van der Waals surface area contributed by atoms with E-state index in [1.54, 1.807) is 19.1 Å². The van der Waals surface area contributed by atoms with Crippen LogP contribution in [0.2, 0.25) is 0 Å². The SMILES string of the molecule is CCOC(=O)C(C)NC(=O)N1CCC[C@H]1C(=O)NNc1cccc(C(=O)O)c1. The van der Waals surface area contributed by atoms with Gasteiger partial charge in [0.25, 0.3) is 5.91 Å². The Labute approximate surface area is 162 Å². The van der Waals surface area contributed by atoms with Gasteiger partial charge >= 0.3 is 18.0 Å². The number of hydrazine groups is 1. The fourth-order valence-corrected chi connectivity index (χ4v) is 2.82. The maximum absolute atomic E-state index is 12.5. The number of hydrogen-bond acceptors (Lipinski definition) is 6. The Hall–Kier alpha value is -3.30. The van der Waals surface area contributed by atoms with E-state index < -0.39 is 36.0 Å². The lowest BCUT2D eigenvalue weighted by Gasteiger charge is -2.25. The number of rotatable bonds is 7. The third kappa shape index (κ3) is 5.35. The van der Waals surface area contributed by atoms with E-state index in [1.807, 2.05) is 0 Å². The highest BCUT2D eigenvalue weighted by molar-refractivity contribution is 5.91. The molecule has 3 amide bonds. The van der Waals surface area contributed by atoms with Crippen molar-refractivity contribution in [2.24, 2.45) is 0 Å². The fourth-order valence-electron chi connectivity index (χ4n) is 2.82. The van der Waals surface area contributed by atoms with Gasteiger partial charge in [-0.2, -0.15) is 0 Å². The summed E-state index contributed by atoms with van der Waals surface area (Å²) in [5, 5.41) is 11.5. The molecule has 0 aromatic heterocycles. The average molecular weight is 392 g/mol. The minimum atomic E-state index is -1.08. The Bertz CT molecular complexity index is 753. The number of ether oxygens (including phenoxy) is 1. The van der Waals surface area contributed by atoms with E-state index in [2.05, 4.69) is 16.2 Å². The van der Waals surface area contributed by atoms with Crippen molar-refractivity contribution in [2.45, 2.75) is 38.8 Å². The number of anilines is 1. The summed E-state index contributed by atoms with van der Waals surface area (Å²) in [6, 6.07) is 3.91. The topological polar surface area (TPSA) is 137 Å². The molecule has 2 rings (SSSR count). The fraction of sp³-hybridized carbons (Fsp3) is 0.444. The normalized spacial score (nSPS) is 16.8. The number of nitrogens with zero attached hydrogens (tertiary/aromatic N) is 1. The van der Waals surface area contributed by atoms with Crippen molar-refractivity contribution >= 4 is 29.6 Å². The van der Waals surface area contributed by atoms with Crippen LogP contribution < -0.4 is 16.2 Å². The first-order valence-electron chi connectivity index (χ1n) is 8.96. The van der Waals surface area contributed by atoms with Crippen molar-refractivity contribution in [1.82, 2.24) is 15.6 Å². The Morgan fingerprint density at radius 3 is 2.75 bits per heavy atom. The van der Waals surface area contributed by atoms with Gasteiger partial charge in [0.05, 0.1) is 17.9 Å². The van der Waals surface area contributed by atoms with Crippen LogP contribution >= 0.6 is 0 Å². The molecule has 1 heterocycles. The smallest absolute Gasteiger partial charge is 0.335 e. The molecule has 4 N–H and O–H groups in total. The van der Waals surface area contributed by atoms with Crippen LogP contribution in [0.15, 0.2) is 24.3 Å². The number of carbonyl (C=O) groups is 4. The molecule has 1 aromatic carbocycles. The molecule has 10 heteroatoms. The average Bonchev–Trinajstić information content (AvgIpc) is 3.16. The lowest BCUT2D eigenvalue weighted by molar-refractivity contribution is -0.144. The van der Waals surface area contributed by atoms with Gasteiger partial charge in [-0.15, -0.1) is 0 Å². The summed E-state index contributed by atoms with van der Waals surface area (Å²) < 4.78 is 4.85. The molecule has 1 aromatic rings. The molecule has 1 aliphatic rings. The molecule has 28 heavy (non-hydrogen) atoms. The third-order valence-electron chi connectivity index (χ3n) is 4.24. The van der Waals surface area contributed by atoms with Crippen molar-refractivity contribution in [3.63, 3.8) is 0 Å². The first-order chi connectivity index (χ1) is 13.3. The summed E-state index contributed by atoms with van der Waals surface area (Å²) in [6.07, 6.45) is 1.12. The predicted octanol–water partition coefficient (Wildman–Crippen LogP) is 0.954. The number of esters is 1. The zero-order valence-electron chi connectivity index (χ0n) is 15.7. The number of urea groups is 1. The summed E-state index contributed by atoms with van der Waals surface area (Å²) in [6.45, 7) is 3.78. The first kappa shape index (κ1) is 21.0. The number of carbonyl (C=O) groups excluding carboxylic acids is 3. The molecule has 2 atom stereocenters. The largest absolute Gasteiger partial charge is 0.478 e. The van der Waals surface area contributed by atoms with Crippen molar-refractivity contribution in [2.75, 3.05) is 18.6 Å². The maximum atomic E-state index is 12.5. The van der Waals surface area contributed by atoms with Crippen LogP contribution in [0.25, 0.3) is 0 Å². The summed E-state index contributed by atoms with van der Waals surface area (Å²) in [7, 11) is 0. The summed E-state index contributed by atoms with van der Waals surface area (Å²) in [4.78, 5) is 48.9. The van der Waals surface area contributed by atoms with Gasteiger partial charge in [-0.25, -0.2) is 14.4 Å². The number of amides is 3. The molecule has 10 nitrogen and oxygen atoms in total. The van der Waals surface area contributed by atoms with Gasteiger partial charge in [0.2, 0.25) is 0 Å². The van der Waals surface area contributed by atoms with Crippen LogP contribution in [0.4, 0.5) is 10.5 Å². The second-order valence-corrected chi connectivity index (χ2v) is 6.27. The molecule has 1 unspecified atom stereocenters. The molecule has 0 bridgehead atoms. The van der Waals surface area contributed by atoms with Gasteiger partial charge in [0.15, 0.2) is 0 Å². The molecule has 1 fully saturated rings. The van der Waals surface area contributed by atoms with E-state index in [4.69, 9.17) is 9.84 Å². The van der Waals surface area contributed by atoms with Gasteiger partial charge in [0.1, 0.15) is 12.1 Å². The summed E-state index contributed by atoms with van der Waals surface area (Å²) >= 11 is 0. The molecular weight excluding hydrogens is 368 g/mol. The lowest BCUT2D eigenvalue weighted by atomic mass is 10.2. The van der Waals surface area contributed by atoms with Crippen molar-refractivity contribution in [3.05, 3.63) is 29.8 Å². The van der Waals surface area contributed by atoms with Crippen LogP contribution in [-0.2, 0) is 14.3 Å². The molecular formula is C18H24N4O6. The Balaban J connectivity index is 1.93. The molecule has 152 valence electrons. The first-order valence-corrected chi connectivity index (χ1v) is 8.96. The quantitative estimate of drug-likeness (QED) is 0.400. The van der Waals surface area contributed by atoms with E-state index in [9.17, 15) is 19.2 Å². The maximum Gasteiger partial charge on any atom is 0.335 e. The Morgan fingerprint density at radius 1 is 1.32 bits per heavy atom. The third-order valence-corrected chi connectivity index (χ3v) is 4.24. The van der Waals surface area contributed by atoms with Crippen molar-refractivity contribution in [1.29, 1.82) is 0 Å². The van der Waals surface area contributed by atoms with Gasteiger partial charge in [0, 0.05) is 6.54 Å². The monoisotopic (exact) mass is 392 g/mol. The molecule has 0 spiro atoms. The van der Waals surface area contributed by atoms with Crippen LogP contribution in [-0.4, -0.2) is 59.1 Å². The number of carboxylic acids is 1. The highest BCUT2D eigenvalue weighted by Gasteiger charge is 2.35. The Kier molecular flexibility index (Phi) is 7.19. The lowest BCUT2D eigenvalue weighted by Crippen LogP contribution is -2.53. The highest BCUT2D eigenvalue weighted by Crippen LogP contribution is 2.18. The van der Waals surface area contributed by atoms with Crippen LogP contribution in [0.1, 0.15) is 37.0 Å². The summed E-state index contributed by atoms with van der Waals surface area (Å²) in [5.41, 5.74) is 5.63. The zero-order chi connectivity index (χ0) is 20.7. The number of carboxylic acid groups (broad SMARTS) is 1. The van der Waals surface area contributed by atoms with Crippen LogP contribution in [0, 0.1) is 0 Å².